The van der Waals surface area contributed by atoms with Crippen LogP contribution in [-0.4, -0.2) is 43.6 Å². The number of terminal acetylenes is 1. The molecule has 1 heterocycles. The number of nitrogens with zero attached hydrogens (tertiary/aromatic N) is 3. The molecule has 1 unspecified atom stereocenters. The number of methoxy groups -OCH3 is 1. The number of hydrogen-bond acceptors (Lipinski definition) is 4. The zero-order valence-electron chi connectivity index (χ0n) is 11.8. The predicted molar refractivity (Wildman–Crippen MR) is 79.2 cm³/mol. The molecule has 1 atom stereocenters. The van der Waals surface area contributed by atoms with Gasteiger partial charge in [-0.15, -0.1) is 17.8 Å². The van der Waals surface area contributed by atoms with Gasteiger partial charge in [-0.3, -0.25) is 4.99 Å². The molecule has 6 heteroatoms. The van der Waals surface area contributed by atoms with Crippen LogP contribution < -0.4 is 5.32 Å². The van der Waals surface area contributed by atoms with Crippen LogP contribution in [0, 0.1) is 12.3 Å². The van der Waals surface area contributed by atoms with Crippen LogP contribution in [0.2, 0.25) is 0 Å². The Morgan fingerprint density at radius 3 is 3.05 bits per heavy atom. The number of aliphatic imine (C=N–C) groups is 1. The molecule has 1 aromatic rings. The highest BCUT2D eigenvalue weighted by Gasteiger charge is 2.12. The summed E-state index contributed by atoms with van der Waals surface area (Å²) in [4.78, 5) is 10.7. The Bertz CT molecular complexity index is 463. The van der Waals surface area contributed by atoms with E-state index in [4.69, 9.17) is 11.2 Å². The Morgan fingerprint density at radius 1 is 1.74 bits per heavy atom. The van der Waals surface area contributed by atoms with E-state index < -0.39 is 0 Å². The highest BCUT2D eigenvalue weighted by molar-refractivity contribution is 7.09. The molecule has 1 N–H and O–H groups in total. The zero-order valence-corrected chi connectivity index (χ0v) is 12.6. The first-order valence-electron chi connectivity index (χ1n) is 5.94. The number of guanidine groups is 1. The zero-order chi connectivity index (χ0) is 14.3. The highest BCUT2D eigenvalue weighted by atomic mass is 32.1. The fourth-order valence-electron chi connectivity index (χ4n) is 1.52. The lowest BCUT2D eigenvalue weighted by Gasteiger charge is -2.20. The molecular formula is C13H20N4OS. The van der Waals surface area contributed by atoms with Crippen molar-refractivity contribution in [3.05, 3.63) is 16.1 Å². The van der Waals surface area contributed by atoms with Crippen molar-refractivity contribution < 1.29 is 4.74 Å². The second-order valence-electron chi connectivity index (χ2n) is 4.02. The van der Waals surface area contributed by atoms with Crippen molar-refractivity contribution in [2.45, 2.75) is 19.6 Å². The Balaban J connectivity index is 2.63. The van der Waals surface area contributed by atoms with Gasteiger partial charge in [0.25, 0.3) is 0 Å². The number of hydrogen-bond donors (Lipinski definition) is 1. The largest absolute Gasteiger partial charge is 0.375 e. The maximum absolute atomic E-state index is 5.25. The lowest BCUT2D eigenvalue weighted by molar-refractivity contribution is 0.119. The maximum Gasteiger partial charge on any atom is 0.194 e. The van der Waals surface area contributed by atoms with Crippen molar-refractivity contribution in [3.63, 3.8) is 0 Å². The molecule has 0 radical (unpaired) electrons. The summed E-state index contributed by atoms with van der Waals surface area (Å²) in [5.41, 5.74) is 0.995. The highest BCUT2D eigenvalue weighted by Crippen LogP contribution is 2.20. The van der Waals surface area contributed by atoms with Crippen molar-refractivity contribution >= 4 is 17.3 Å². The van der Waals surface area contributed by atoms with Crippen molar-refractivity contribution in [1.82, 2.24) is 15.2 Å². The van der Waals surface area contributed by atoms with Gasteiger partial charge in [-0.2, -0.15) is 0 Å². The van der Waals surface area contributed by atoms with E-state index in [-0.39, 0.29) is 6.10 Å². The topological polar surface area (TPSA) is 49.8 Å². The molecule has 0 aliphatic heterocycles. The molecule has 0 saturated carbocycles. The number of aromatic nitrogens is 1. The van der Waals surface area contributed by atoms with E-state index in [1.54, 1.807) is 25.5 Å². The first-order chi connectivity index (χ1) is 9.12. The van der Waals surface area contributed by atoms with E-state index in [1.807, 2.05) is 24.3 Å². The minimum Gasteiger partial charge on any atom is -0.375 e. The van der Waals surface area contributed by atoms with Gasteiger partial charge in [0.1, 0.15) is 11.1 Å². The summed E-state index contributed by atoms with van der Waals surface area (Å²) in [7, 11) is 5.36. The number of nitrogens with one attached hydrogen (secondary N) is 1. The van der Waals surface area contributed by atoms with Crippen molar-refractivity contribution in [2.75, 3.05) is 27.7 Å². The van der Waals surface area contributed by atoms with Crippen LogP contribution >= 0.6 is 11.3 Å². The van der Waals surface area contributed by atoms with Gasteiger partial charge in [-0.25, -0.2) is 4.98 Å². The van der Waals surface area contributed by atoms with Crippen LogP contribution in [-0.2, 0) is 11.3 Å². The smallest absolute Gasteiger partial charge is 0.194 e. The Labute approximate surface area is 118 Å². The van der Waals surface area contributed by atoms with Gasteiger partial charge in [0.05, 0.1) is 18.8 Å². The standard InChI is InChI=1S/C13H20N4OS/c1-6-7-15-13(14-3)17(4)8-11-9-19-12(16-11)10(2)18-5/h1,9-10H,7-8H2,2-5H3,(H,14,15). The van der Waals surface area contributed by atoms with E-state index in [9.17, 15) is 0 Å². The molecular weight excluding hydrogens is 260 g/mol. The fraction of sp³-hybridized carbons (Fsp3) is 0.538. The van der Waals surface area contributed by atoms with Crippen molar-refractivity contribution in [1.29, 1.82) is 0 Å². The summed E-state index contributed by atoms with van der Waals surface area (Å²) in [6, 6.07) is 0. The van der Waals surface area contributed by atoms with Gasteiger partial charge in [-0.05, 0) is 6.92 Å². The molecule has 5 nitrogen and oxygen atoms in total. The van der Waals surface area contributed by atoms with Gasteiger partial charge in [-0.1, -0.05) is 5.92 Å². The predicted octanol–water partition coefficient (Wildman–Crippen LogP) is 1.49. The Hall–Kier alpha value is -1.58. The molecule has 1 aromatic heterocycles. The first kappa shape index (κ1) is 15.5. The molecule has 0 aliphatic rings. The van der Waals surface area contributed by atoms with E-state index in [0.717, 1.165) is 16.7 Å². The molecule has 0 fully saturated rings. The van der Waals surface area contributed by atoms with E-state index in [0.29, 0.717) is 13.1 Å². The minimum atomic E-state index is 0.0305. The molecule has 104 valence electrons. The summed E-state index contributed by atoms with van der Waals surface area (Å²) in [6.45, 7) is 3.12. The lowest BCUT2D eigenvalue weighted by Crippen LogP contribution is -2.38. The second kappa shape index (κ2) is 7.77. The van der Waals surface area contributed by atoms with Crippen LogP contribution in [0.5, 0.6) is 0 Å². The van der Waals surface area contributed by atoms with Crippen LogP contribution in [0.25, 0.3) is 0 Å². The number of thiazole rings is 1. The third-order valence-electron chi connectivity index (χ3n) is 2.59. The van der Waals surface area contributed by atoms with Gasteiger partial charge < -0.3 is 15.0 Å². The molecule has 0 bridgehead atoms. The van der Waals surface area contributed by atoms with Crippen molar-refractivity contribution in [3.8, 4) is 12.3 Å². The quantitative estimate of drug-likeness (QED) is 0.504. The monoisotopic (exact) mass is 280 g/mol. The van der Waals surface area contributed by atoms with Crippen LogP contribution in [0.4, 0.5) is 0 Å². The lowest BCUT2D eigenvalue weighted by atomic mass is 10.4. The Morgan fingerprint density at radius 2 is 2.47 bits per heavy atom. The third kappa shape index (κ3) is 4.54. The summed E-state index contributed by atoms with van der Waals surface area (Å²) < 4.78 is 5.25. The summed E-state index contributed by atoms with van der Waals surface area (Å²) in [6.07, 6.45) is 5.26. The SMILES string of the molecule is C#CCNC(=NC)N(C)Cc1csc(C(C)OC)n1. The number of ether oxygens (including phenoxy) is 1. The summed E-state index contributed by atoms with van der Waals surface area (Å²) in [5, 5.41) is 6.09. The summed E-state index contributed by atoms with van der Waals surface area (Å²) >= 11 is 1.61. The molecule has 0 amide bonds. The van der Waals surface area contributed by atoms with Gasteiger partial charge in [0.15, 0.2) is 5.96 Å². The molecule has 0 saturated heterocycles. The van der Waals surface area contributed by atoms with Gasteiger partial charge in [0.2, 0.25) is 0 Å². The van der Waals surface area contributed by atoms with Crippen LogP contribution in [0.3, 0.4) is 0 Å². The van der Waals surface area contributed by atoms with E-state index in [2.05, 4.69) is 21.2 Å². The minimum absolute atomic E-state index is 0.0305. The van der Waals surface area contributed by atoms with E-state index in [1.165, 1.54) is 0 Å². The Kier molecular flexibility index (Phi) is 6.33. The molecule has 19 heavy (non-hydrogen) atoms. The molecule has 1 rings (SSSR count). The van der Waals surface area contributed by atoms with Gasteiger partial charge in [0, 0.05) is 26.6 Å². The molecule has 0 spiro atoms. The summed E-state index contributed by atoms with van der Waals surface area (Å²) in [5.74, 6) is 3.29. The third-order valence-corrected chi connectivity index (χ3v) is 3.65. The van der Waals surface area contributed by atoms with Crippen molar-refractivity contribution in [2.24, 2.45) is 4.99 Å². The molecule has 0 aliphatic carbocycles. The van der Waals surface area contributed by atoms with E-state index >= 15 is 0 Å². The normalized spacial score (nSPS) is 12.9. The average molecular weight is 280 g/mol. The van der Waals surface area contributed by atoms with Crippen LogP contribution in [0.15, 0.2) is 10.4 Å². The van der Waals surface area contributed by atoms with Crippen LogP contribution in [0.1, 0.15) is 23.7 Å². The van der Waals surface area contributed by atoms with Gasteiger partial charge >= 0.3 is 0 Å². The molecule has 0 aromatic carbocycles. The fourth-order valence-corrected chi connectivity index (χ4v) is 2.36. The average Bonchev–Trinajstić information content (AvgIpc) is 2.87. The number of rotatable bonds is 5. The first-order valence-corrected chi connectivity index (χ1v) is 6.82. The maximum atomic E-state index is 5.25. The second-order valence-corrected chi connectivity index (χ2v) is 4.91.